The summed E-state index contributed by atoms with van der Waals surface area (Å²) >= 11 is 1.12. The molecule has 0 aliphatic rings. The van der Waals surface area contributed by atoms with E-state index in [2.05, 4.69) is 25.3 Å². The average Bonchev–Trinajstić information content (AvgIpc) is 3.04. The maximum atomic E-state index is 11.8. The molecule has 0 unspecified atom stereocenters. The van der Waals surface area contributed by atoms with Gasteiger partial charge in [0.1, 0.15) is 21.5 Å². The zero-order chi connectivity index (χ0) is 14.5. The predicted octanol–water partition coefficient (Wildman–Crippen LogP) is 0.947. The van der Waals surface area contributed by atoms with Crippen molar-refractivity contribution < 1.29 is 9.32 Å². The summed E-state index contributed by atoms with van der Waals surface area (Å²) in [5.41, 5.74) is 6.26. The van der Waals surface area contributed by atoms with Crippen LogP contribution in [0.25, 0.3) is 0 Å². The summed E-state index contributed by atoms with van der Waals surface area (Å²) in [6.45, 7) is 2.58. The second-order valence-electron chi connectivity index (χ2n) is 3.72. The van der Waals surface area contributed by atoms with Crippen molar-refractivity contribution in [3.05, 3.63) is 22.7 Å². The molecule has 9 heteroatoms. The first-order valence-corrected chi connectivity index (χ1v) is 6.58. The molecule has 2 heterocycles. The van der Waals surface area contributed by atoms with Crippen molar-refractivity contribution in [1.82, 2.24) is 15.5 Å². The van der Waals surface area contributed by atoms with Crippen LogP contribution in [-0.4, -0.2) is 22.6 Å². The van der Waals surface area contributed by atoms with Gasteiger partial charge in [0, 0.05) is 6.54 Å². The summed E-state index contributed by atoms with van der Waals surface area (Å²) in [5, 5.41) is 18.9. The molecule has 0 saturated carbocycles. The van der Waals surface area contributed by atoms with E-state index in [1.54, 1.807) is 0 Å². The number of thiophene rings is 1. The highest BCUT2D eigenvalue weighted by molar-refractivity contribution is 7.18. The maximum Gasteiger partial charge on any atom is 0.263 e. The number of nitriles is 1. The van der Waals surface area contributed by atoms with Crippen LogP contribution in [0.5, 0.6) is 0 Å². The van der Waals surface area contributed by atoms with Gasteiger partial charge in [-0.15, -0.1) is 11.3 Å². The molecule has 0 spiro atoms. The molecule has 20 heavy (non-hydrogen) atoms. The van der Waals surface area contributed by atoms with Crippen LogP contribution in [0.15, 0.2) is 10.9 Å². The van der Waals surface area contributed by atoms with Crippen LogP contribution in [0.4, 0.5) is 10.7 Å². The number of anilines is 2. The van der Waals surface area contributed by atoms with Gasteiger partial charge in [-0.2, -0.15) is 10.2 Å². The fourth-order valence-corrected chi connectivity index (χ4v) is 2.50. The lowest BCUT2D eigenvalue weighted by molar-refractivity contribution is 0.0960. The fraction of sp³-hybridized carbons (Fsp3) is 0.273. The summed E-state index contributed by atoms with van der Waals surface area (Å²) in [6, 6.07) is 1.99. The number of rotatable bonds is 5. The highest BCUT2D eigenvalue weighted by Gasteiger charge is 2.20. The number of nitrogen functional groups attached to an aromatic ring is 1. The highest BCUT2D eigenvalue weighted by atomic mass is 32.1. The minimum absolute atomic E-state index is 0.180. The molecular formula is C11H12N6O2S. The summed E-state index contributed by atoms with van der Waals surface area (Å²) < 4.78 is 4.61. The number of nitrogens with one attached hydrogen (secondary N) is 2. The normalized spacial score (nSPS) is 10.0. The van der Waals surface area contributed by atoms with E-state index in [0.717, 1.165) is 11.3 Å². The number of amides is 1. The highest BCUT2D eigenvalue weighted by Crippen LogP contribution is 2.35. The number of hydrogen-bond donors (Lipinski definition) is 3. The Balaban J connectivity index is 2.22. The van der Waals surface area contributed by atoms with E-state index in [9.17, 15) is 4.79 Å². The quantitative estimate of drug-likeness (QED) is 0.747. The average molecular weight is 292 g/mol. The molecule has 0 atom stereocenters. The van der Waals surface area contributed by atoms with E-state index in [-0.39, 0.29) is 23.7 Å². The maximum absolute atomic E-state index is 11.8. The van der Waals surface area contributed by atoms with Crippen molar-refractivity contribution in [3.63, 3.8) is 0 Å². The van der Waals surface area contributed by atoms with E-state index in [1.807, 2.05) is 13.0 Å². The van der Waals surface area contributed by atoms with Crippen LogP contribution >= 0.6 is 11.3 Å². The minimum atomic E-state index is -0.292. The predicted molar refractivity (Wildman–Crippen MR) is 73.1 cm³/mol. The Morgan fingerprint density at radius 2 is 2.45 bits per heavy atom. The van der Waals surface area contributed by atoms with Gasteiger partial charge in [0.15, 0.2) is 5.82 Å². The van der Waals surface area contributed by atoms with Crippen LogP contribution in [0.1, 0.15) is 28.0 Å². The number of nitrogens with two attached hydrogens (primary N) is 1. The molecule has 2 aromatic heterocycles. The van der Waals surface area contributed by atoms with E-state index >= 15 is 0 Å². The van der Waals surface area contributed by atoms with Crippen LogP contribution in [0, 0.1) is 11.3 Å². The van der Waals surface area contributed by atoms with E-state index in [1.165, 1.54) is 6.39 Å². The molecule has 0 aliphatic carbocycles. The van der Waals surface area contributed by atoms with Crippen LogP contribution in [0.3, 0.4) is 0 Å². The number of nitrogens with zero attached hydrogens (tertiary/aromatic N) is 3. The first kappa shape index (κ1) is 13.8. The molecule has 0 aromatic carbocycles. The van der Waals surface area contributed by atoms with Gasteiger partial charge in [-0.1, -0.05) is 5.16 Å². The lowest BCUT2D eigenvalue weighted by Crippen LogP contribution is -2.22. The molecule has 1 amide bonds. The second-order valence-corrected chi connectivity index (χ2v) is 4.74. The zero-order valence-corrected chi connectivity index (χ0v) is 11.5. The Labute approximate surface area is 118 Å². The van der Waals surface area contributed by atoms with Gasteiger partial charge in [-0.3, -0.25) is 4.79 Å². The Morgan fingerprint density at radius 1 is 1.65 bits per heavy atom. The SMILES string of the molecule is CCNC(=O)c1sc(NCc2ncon2)c(C#N)c1N. The number of aromatic nitrogens is 2. The van der Waals surface area contributed by atoms with Gasteiger partial charge in [0.25, 0.3) is 5.91 Å². The fourth-order valence-electron chi connectivity index (χ4n) is 1.52. The van der Waals surface area contributed by atoms with Gasteiger partial charge in [-0.05, 0) is 6.92 Å². The minimum Gasteiger partial charge on any atom is -0.396 e. The first-order valence-electron chi connectivity index (χ1n) is 5.77. The molecular weight excluding hydrogens is 280 g/mol. The van der Waals surface area contributed by atoms with Crippen molar-refractivity contribution in [3.8, 4) is 6.07 Å². The monoisotopic (exact) mass is 292 g/mol. The summed E-state index contributed by atoms with van der Waals surface area (Å²) in [4.78, 5) is 16.0. The van der Waals surface area contributed by atoms with Crippen LogP contribution in [0.2, 0.25) is 0 Å². The standard InChI is InChI=1S/C11H12N6O2S/c1-2-14-10(18)9-8(13)6(3-12)11(20-9)15-4-7-16-5-19-17-7/h5,15H,2,4,13H2,1H3,(H,14,18). The molecule has 2 rings (SSSR count). The van der Waals surface area contributed by atoms with E-state index in [0.29, 0.717) is 22.2 Å². The molecule has 0 bridgehead atoms. The number of carbonyl (C=O) groups excluding carboxylic acids is 1. The van der Waals surface area contributed by atoms with Gasteiger partial charge in [0.2, 0.25) is 6.39 Å². The van der Waals surface area contributed by atoms with Crippen LogP contribution < -0.4 is 16.4 Å². The molecule has 2 aromatic rings. The van der Waals surface area contributed by atoms with Crippen molar-refractivity contribution in [2.45, 2.75) is 13.5 Å². The molecule has 0 radical (unpaired) electrons. The van der Waals surface area contributed by atoms with Gasteiger partial charge < -0.3 is 20.9 Å². The third-order valence-corrected chi connectivity index (χ3v) is 3.58. The third kappa shape index (κ3) is 2.70. The van der Waals surface area contributed by atoms with Gasteiger partial charge in [-0.25, -0.2) is 0 Å². The van der Waals surface area contributed by atoms with Crippen LogP contribution in [-0.2, 0) is 6.54 Å². The molecule has 0 saturated heterocycles. The van der Waals surface area contributed by atoms with E-state index < -0.39 is 0 Å². The lowest BCUT2D eigenvalue weighted by atomic mass is 10.2. The van der Waals surface area contributed by atoms with Gasteiger partial charge in [0.05, 0.1) is 12.2 Å². The second kappa shape index (κ2) is 6.03. The Morgan fingerprint density at radius 3 is 3.05 bits per heavy atom. The van der Waals surface area contributed by atoms with Gasteiger partial charge >= 0.3 is 0 Å². The Bertz CT molecular complexity index is 643. The lowest BCUT2D eigenvalue weighted by Gasteiger charge is -1.99. The Kier molecular flexibility index (Phi) is 4.17. The topological polar surface area (TPSA) is 130 Å². The van der Waals surface area contributed by atoms with Crippen molar-refractivity contribution >= 4 is 27.9 Å². The largest absolute Gasteiger partial charge is 0.396 e. The third-order valence-electron chi connectivity index (χ3n) is 2.41. The molecule has 8 nitrogen and oxygen atoms in total. The zero-order valence-electron chi connectivity index (χ0n) is 10.6. The van der Waals surface area contributed by atoms with Crippen molar-refractivity contribution in [1.29, 1.82) is 5.26 Å². The van der Waals surface area contributed by atoms with E-state index in [4.69, 9.17) is 11.0 Å². The summed E-state index contributed by atoms with van der Waals surface area (Å²) in [7, 11) is 0. The number of hydrogen-bond acceptors (Lipinski definition) is 8. The van der Waals surface area contributed by atoms with Crippen molar-refractivity contribution in [2.24, 2.45) is 0 Å². The Hall–Kier alpha value is -2.60. The number of carbonyl (C=O) groups is 1. The molecule has 0 aliphatic heterocycles. The summed E-state index contributed by atoms with van der Waals surface area (Å²) in [5.74, 6) is 0.152. The molecule has 0 fully saturated rings. The molecule has 4 N–H and O–H groups in total. The first-order chi connectivity index (χ1) is 9.67. The molecule has 104 valence electrons. The summed E-state index contributed by atoms with van der Waals surface area (Å²) in [6.07, 6.45) is 1.21. The smallest absolute Gasteiger partial charge is 0.263 e. The van der Waals surface area contributed by atoms with Crippen molar-refractivity contribution in [2.75, 3.05) is 17.6 Å².